The summed E-state index contributed by atoms with van der Waals surface area (Å²) in [5.74, 6) is 0.796. The van der Waals surface area contributed by atoms with Crippen LogP contribution in [0, 0.1) is 0 Å². The van der Waals surface area contributed by atoms with Crippen LogP contribution in [0.3, 0.4) is 0 Å². The molecule has 0 radical (unpaired) electrons. The molecular formula is C15H23FN4. The lowest BCUT2D eigenvalue weighted by atomic mass is 10.0. The Morgan fingerprint density at radius 1 is 1.00 bits per heavy atom. The molecule has 3 rings (SSSR count). The van der Waals surface area contributed by atoms with Gasteiger partial charge in [0.15, 0.2) is 0 Å². The molecule has 5 heteroatoms. The highest BCUT2D eigenvalue weighted by Crippen LogP contribution is 2.34. The Kier molecular flexibility index (Phi) is 4.15. The van der Waals surface area contributed by atoms with Crippen LogP contribution in [-0.2, 0) is 0 Å². The second-order valence-corrected chi connectivity index (χ2v) is 6.02. The molecule has 1 saturated carbocycles. The predicted molar refractivity (Wildman–Crippen MR) is 77.6 cm³/mol. The summed E-state index contributed by atoms with van der Waals surface area (Å²) < 4.78 is 14.6. The molecule has 110 valence electrons. The molecule has 0 N–H and O–H groups in total. The van der Waals surface area contributed by atoms with Gasteiger partial charge in [-0.3, -0.25) is 4.90 Å². The van der Waals surface area contributed by atoms with E-state index in [9.17, 15) is 4.39 Å². The molecule has 0 amide bonds. The molecular weight excluding hydrogens is 255 g/mol. The number of aromatic nitrogens is 2. The summed E-state index contributed by atoms with van der Waals surface area (Å²) in [6.45, 7) is 4.34. The minimum Gasteiger partial charge on any atom is -0.339 e. The number of nitrogens with zero attached hydrogens (tertiary/aromatic N) is 4. The largest absolute Gasteiger partial charge is 0.339 e. The summed E-state index contributed by atoms with van der Waals surface area (Å²) in [5, 5.41) is 0. The monoisotopic (exact) mass is 278 g/mol. The van der Waals surface area contributed by atoms with Crippen molar-refractivity contribution in [1.82, 2.24) is 14.9 Å². The first kappa shape index (κ1) is 13.7. The fourth-order valence-corrected chi connectivity index (χ4v) is 3.35. The minimum atomic E-state index is -0.932. The molecule has 1 saturated heterocycles. The van der Waals surface area contributed by atoms with Crippen LogP contribution in [0.1, 0.15) is 32.1 Å². The summed E-state index contributed by atoms with van der Waals surface area (Å²) in [6.07, 6.45) is 8.20. The molecule has 2 fully saturated rings. The number of halogens is 1. The SMILES string of the molecule is FC1(CN2CCCN(c3ncccn3)CC2)CCCC1. The van der Waals surface area contributed by atoms with Crippen LogP contribution in [0.15, 0.2) is 18.5 Å². The molecule has 0 aromatic carbocycles. The third-order valence-corrected chi connectivity index (χ3v) is 4.43. The zero-order chi connectivity index (χ0) is 13.8. The van der Waals surface area contributed by atoms with Gasteiger partial charge in [-0.25, -0.2) is 14.4 Å². The Morgan fingerprint density at radius 3 is 2.50 bits per heavy atom. The second-order valence-electron chi connectivity index (χ2n) is 6.02. The van der Waals surface area contributed by atoms with Crippen LogP contribution in [0.5, 0.6) is 0 Å². The van der Waals surface area contributed by atoms with E-state index in [1.165, 1.54) is 0 Å². The highest BCUT2D eigenvalue weighted by molar-refractivity contribution is 5.28. The van der Waals surface area contributed by atoms with E-state index in [1.54, 1.807) is 12.4 Å². The number of anilines is 1. The third-order valence-electron chi connectivity index (χ3n) is 4.43. The average Bonchev–Trinajstić information content (AvgIpc) is 2.76. The van der Waals surface area contributed by atoms with Gasteiger partial charge in [0.2, 0.25) is 5.95 Å². The summed E-state index contributed by atoms with van der Waals surface area (Å²) in [4.78, 5) is 13.1. The Bertz CT molecular complexity index is 419. The Hall–Kier alpha value is -1.23. The van der Waals surface area contributed by atoms with Crippen LogP contribution in [-0.4, -0.2) is 53.3 Å². The van der Waals surface area contributed by atoms with Crippen molar-refractivity contribution in [3.63, 3.8) is 0 Å². The zero-order valence-electron chi connectivity index (χ0n) is 12.0. The molecule has 2 aliphatic rings. The maximum absolute atomic E-state index is 14.6. The van der Waals surface area contributed by atoms with Gasteiger partial charge in [-0.2, -0.15) is 0 Å². The minimum absolute atomic E-state index is 0.608. The first-order chi connectivity index (χ1) is 9.75. The van der Waals surface area contributed by atoms with Crippen LogP contribution >= 0.6 is 0 Å². The van der Waals surface area contributed by atoms with E-state index in [4.69, 9.17) is 0 Å². The van der Waals surface area contributed by atoms with Gasteiger partial charge in [0.1, 0.15) is 5.67 Å². The van der Waals surface area contributed by atoms with Gasteiger partial charge in [0.05, 0.1) is 0 Å². The van der Waals surface area contributed by atoms with Crippen molar-refractivity contribution >= 4 is 5.95 Å². The molecule has 1 aliphatic carbocycles. The van der Waals surface area contributed by atoms with Crippen molar-refractivity contribution in [3.8, 4) is 0 Å². The topological polar surface area (TPSA) is 32.3 Å². The van der Waals surface area contributed by atoms with Gasteiger partial charge in [0.25, 0.3) is 0 Å². The van der Waals surface area contributed by atoms with Gasteiger partial charge in [0, 0.05) is 45.1 Å². The fourth-order valence-electron chi connectivity index (χ4n) is 3.35. The number of rotatable bonds is 3. The summed E-state index contributed by atoms with van der Waals surface area (Å²) >= 11 is 0. The highest BCUT2D eigenvalue weighted by atomic mass is 19.1. The Morgan fingerprint density at radius 2 is 1.75 bits per heavy atom. The predicted octanol–water partition coefficient (Wildman–Crippen LogP) is 2.27. The van der Waals surface area contributed by atoms with Crippen LogP contribution < -0.4 is 4.90 Å². The Labute approximate surface area is 120 Å². The number of hydrogen-bond donors (Lipinski definition) is 0. The summed E-state index contributed by atoms with van der Waals surface area (Å²) in [6, 6.07) is 1.83. The van der Waals surface area contributed by atoms with E-state index in [-0.39, 0.29) is 0 Å². The maximum atomic E-state index is 14.6. The average molecular weight is 278 g/mol. The molecule has 1 aliphatic heterocycles. The van der Waals surface area contributed by atoms with Gasteiger partial charge in [-0.05, 0) is 25.3 Å². The van der Waals surface area contributed by atoms with E-state index in [1.807, 2.05) is 6.07 Å². The highest BCUT2D eigenvalue weighted by Gasteiger charge is 2.35. The lowest BCUT2D eigenvalue weighted by molar-refractivity contribution is 0.102. The number of alkyl halides is 1. The van der Waals surface area contributed by atoms with Crippen LogP contribution in [0.25, 0.3) is 0 Å². The molecule has 4 nitrogen and oxygen atoms in total. The first-order valence-electron chi connectivity index (χ1n) is 7.68. The molecule has 1 aromatic rings. The lowest BCUT2D eigenvalue weighted by Gasteiger charge is -2.28. The van der Waals surface area contributed by atoms with Gasteiger partial charge >= 0.3 is 0 Å². The van der Waals surface area contributed by atoms with Crippen molar-refractivity contribution in [1.29, 1.82) is 0 Å². The number of hydrogen-bond acceptors (Lipinski definition) is 4. The van der Waals surface area contributed by atoms with Crippen molar-refractivity contribution in [2.75, 3.05) is 37.6 Å². The maximum Gasteiger partial charge on any atom is 0.225 e. The van der Waals surface area contributed by atoms with Crippen LogP contribution in [0.2, 0.25) is 0 Å². The van der Waals surface area contributed by atoms with Gasteiger partial charge < -0.3 is 4.90 Å². The lowest BCUT2D eigenvalue weighted by Crippen LogP contribution is -2.40. The van der Waals surface area contributed by atoms with Crippen LogP contribution in [0.4, 0.5) is 10.3 Å². The molecule has 1 aromatic heterocycles. The smallest absolute Gasteiger partial charge is 0.225 e. The standard InChI is InChI=1S/C15H23FN4/c16-15(5-1-2-6-15)13-19-9-4-10-20(12-11-19)14-17-7-3-8-18-14/h3,7-8H,1-2,4-6,9-13H2. The third kappa shape index (κ3) is 3.26. The molecule has 0 bridgehead atoms. The second kappa shape index (κ2) is 6.04. The van der Waals surface area contributed by atoms with Crippen molar-refractivity contribution < 1.29 is 4.39 Å². The molecule has 20 heavy (non-hydrogen) atoms. The van der Waals surface area contributed by atoms with E-state index >= 15 is 0 Å². The summed E-state index contributed by atoms with van der Waals surface area (Å²) in [7, 11) is 0. The molecule has 0 atom stereocenters. The Balaban J connectivity index is 1.57. The first-order valence-corrected chi connectivity index (χ1v) is 7.68. The van der Waals surface area contributed by atoms with E-state index < -0.39 is 5.67 Å². The normalized spacial score (nSPS) is 23.8. The van der Waals surface area contributed by atoms with Gasteiger partial charge in [-0.15, -0.1) is 0 Å². The van der Waals surface area contributed by atoms with Crippen molar-refractivity contribution in [2.45, 2.75) is 37.8 Å². The summed E-state index contributed by atoms with van der Waals surface area (Å²) in [5.41, 5.74) is -0.932. The van der Waals surface area contributed by atoms with Gasteiger partial charge in [-0.1, -0.05) is 12.8 Å². The molecule has 0 spiro atoms. The molecule has 0 unspecified atom stereocenters. The zero-order valence-corrected chi connectivity index (χ0v) is 12.0. The van der Waals surface area contributed by atoms with E-state index in [0.29, 0.717) is 6.54 Å². The quantitative estimate of drug-likeness (QED) is 0.849. The molecule has 2 heterocycles. The fraction of sp³-hybridized carbons (Fsp3) is 0.733. The van der Waals surface area contributed by atoms with E-state index in [2.05, 4.69) is 19.8 Å². The van der Waals surface area contributed by atoms with E-state index in [0.717, 1.165) is 64.2 Å². The van der Waals surface area contributed by atoms with Crippen molar-refractivity contribution in [3.05, 3.63) is 18.5 Å². The van der Waals surface area contributed by atoms with Crippen molar-refractivity contribution in [2.24, 2.45) is 0 Å².